The van der Waals surface area contributed by atoms with E-state index < -0.39 is 0 Å². The summed E-state index contributed by atoms with van der Waals surface area (Å²) < 4.78 is 10.6. The van der Waals surface area contributed by atoms with Gasteiger partial charge in [-0.05, 0) is 92.7 Å². The lowest BCUT2D eigenvalue weighted by molar-refractivity contribution is 0.166. The molecule has 0 aliphatic carbocycles. The van der Waals surface area contributed by atoms with Gasteiger partial charge in [-0.15, -0.1) is 0 Å². The molecule has 2 aliphatic rings. The van der Waals surface area contributed by atoms with Crippen LogP contribution in [0.1, 0.15) is 36.8 Å². The van der Waals surface area contributed by atoms with Crippen molar-refractivity contribution in [2.24, 2.45) is 0 Å². The Bertz CT molecular complexity index is 1500. The molecular formula is C26H26Br2N6O3S2. The van der Waals surface area contributed by atoms with Gasteiger partial charge >= 0.3 is 0 Å². The van der Waals surface area contributed by atoms with Crippen molar-refractivity contribution in [3.8, 4) is 23.6 Å². The highest BCUT2D eigenvalue weighted by atomic mass is 79.9. The number of ether oxygens (including phenoxy) is 1. The van der Waals surface area contributed by atoms with E-state index in [-0.39, 0.29) is 18.0 Å². The Morgan fingerprint density at radius 2 is 1.36 bits per heavy atom. The maximum atomic E-state index is 9.22. The lowest BCUT2D eigenvalue weighted by atomic mass is 10.2. The summed E-state index contributed by atoms with van der Waals surface area (Å²) in [6.45, 7) is 0. The number of rotatable bonds is 2. The summed E-state index contributed by atoms with van der Waals surface area (Å²) in [4.78, 5) is 0. The van der Waals surface area contributed by atoms with Crippen LogP contribution in [-0.4, -0.2) is 64.7 Å². The first-order chi connectivity index (χ1) is 18.9. The van der Waals surface area contributed by atoms with Crippen molar-refractivity contribution >= 4 is 66.4 Å². The van der Waals surface area contributed by atoms with Crippen molar-refractivity contribution in [2.75, 3.05) is 23.0 Å². The lowest BCUT2D eigenvalue weighted by Gasteiger charge is -2.22. The normalized spacial score (nSPS) is 15.9. The summed E-state index contributed by atoms with van der Waals surface area (Å²) in [7, 11) is 0. The molecule has 4 aromatic heterocycles. The van der Waals surface area contributed by atoms with Crippen molar-refractivity contribution in [3.63, 3.8) is 0 Å². The Morgan fingerprint density at radius 1 is 0.846 bits per heavy atom. The second kappa shape index (κ2) is 14.3. The lowest BCUT2D eigenvalue weighted by Crippen LogP contribution is -2.22. The summed E-state index contributed by atoms with van der Waals surface area (Å²) in [5, 5.41) is 44.0. The molecule has 4 aromatic rings. The predicted molar refractivity (Wildman–Crippen MR) is 160 cm³/mol. The number of nitriles is 2. The average Bonchev–Trinajstić information content (AvgIpc) is 3.55. The van der Waals surface area contributed by atoms with Gasteiger partial charge in [-0.2, -0.15) is 44.2 Å². The van der Waals surface area contributed by atoms with E-state index in [0.29, 0.717) is 21.1 Å². The Kier molecular flexibility index (Phi) is 10.8. The third kappa shape index (κ3) is 7.83. The van der Waals surface area contributed by atoms with Crippen LogP contribution in [0.2, 0.25) is 0 Å². The molecule has 6 rings (SSSR count). The van der Waals surface area contributed by atoms with Gasteiger partial charge in [0.1, 0.15) is 29.7 Å². The number of pyridine rings is 2. The number of aromatic hydroxyl groups is 1. The molecule has 0 spiro atoms. The van der Waals surface area contributed by atoms with E-state index >= 15 is 0 Å². The molecule has 0 atom stereocenters. The minimum absolute atomic E-state index is 0.0150. The van der Waals surface area contributed by atoms with Gasteiger partial charge in [-0.1, -0.05) is 0 Å². The summed E-state index contributed by atoms with van der Waals surface area (Å²) >= 11 is 10.7. The minimum Gasteiger partial charge on any atom is -0.506 e. The molecule has 0 amide bonds. The van der Waals surface area contributed by atoms with Gasteiger partial charge in [0.05, 0.1) is 53.1 Å². The van der Waals surface area contributed by atoms with Crippen molar-refractivity contribution in [1.29, 1.82) is 10.5 Å². The zero-order valence-electron chi connectivity index (χ0n) is 20.8. The molecule has 0 saturated carbocycles. The van der Waals surface area contributed by atoms with Crippen LogP contribution in [0.25, 0.3) is 11.0 Å². The van der Waals surface area contributed by atoms with Crippen molar-refractivity contribution in [3.05, 3.63) is 57.0 Å². The first-order valence-electron chi connectivity index (χ1n) is 12.2. The van der Waals surface area contributed by atoms with Gasteiger partial charge in [-0.3, -0.25) is 0 Å². The highest BCUT2D eigenvalue weighted by Gasteiger charge is 2.17. The molecule has 0 aromatic carbocycles. The molecule has 6 heterocycles. The number of aromatic nitrogens is 4. The minimum atomic E-state index is 0.0150. The van der Waals surface area contributed by atoms with Crippen molar-refractivity contribution in [1.82, 2.24) is 19.2 Å². The topological polar surface area (TPSA) is 132 Å². The SMILES string of the molecule is N#Cc1cnn2cc(O)cc(Br)c12.N#Cc1cnn2cc(OC3CCSCC3)cc(Br)c12.OC1CCSCC1. The standard InChI is InChI=1S/C13H12BrN3OS.C8H4BrN3O.C5H10OS/c14-12-5-11(18-10-1-3-19-4-2-10)8-17-13(12)9(6-15)7-16-17;9-7-1-6(13)4-12-8(7)5(2-10)3-11-12;6-5-1-3-7-4-2-5/h5,7-8,10H,1-4H2;1,3-4,13H;5-6H,1-4H2. The van der Waals surface area contributed by atoms with Gasteiger partial charge < -0.3 is 14.9 Å². The zero-order valence-corrected chi connectivity index (χ0v) is 25.6. The summed E-state index contributed by atoms with van der Waals surface area (Å²) in [5.74, 6) is 5.53. The Morgan fingerprint density at radius 3 is 1.87 bits per heavy atom. The van der Waals surface area contributed by atoms with Crippen LogP contribution in [0.3, 0.4) is 0 Å². The van der Waals surface area contributed by atoms with E-state index in [1.165, 1.54) is 23.0 Å². The van der Waals surface area contributed by atoms with Crippen LogP contribution < -0.4 is 4.74 Å². The summed E-state index contributed by atoms with van der Waals surface area (Å²) in [5.41, 5.74) is 2.49. The maximum Gasteiger partial charge on any atom is 0.139 e. The summed E-state index contributed by atoms with van der Waals surface area (Å²) in [6, 6.07) is 7.59. The fourth-order valence-electron chi connectivity index (χ4n) is 4.01. The van der Waals surface area contributed by atoms with E-state index in [0.717, 1.165) is 64.4 Å². The second-order valence-corrected chi connectivity index (χ2v) is 12.9. The summed E-state index contributed by atoms with van der Waals surface area (Å²) in [6.07, 6.45) is 10.8. The predicted octanol–water partition coefficient (Wildman–Crippen LogP) is 5.79. The number of halogens is 2. The first-order valence-corrected chi connectivity index (χ1v) is 16.1. The van der Waals surface area contributed by atoms with Crippen molar-refractivity contribution in [2.45, 2.75) is 37.9 Å². The molecule has 0 radical (unpaired) electrons. The van der Waals surface area contributed by atoms with E-state index in [1.807, 2.05) is 41.9 Å². The van der Waals surface area contributed by atoms with Gasteiger partial charge in [0.15, 0.2) is 0 Å². The number of hydrogen-bond acceptors (Lipinski definition) is 9. The smallest absolute Gasteiger partial charge is 0.139 e. The molecule has 204 valence electrons. The Balaban J connectivity index is 0.000000152. The molecule has 0 unspecified atom stereocenters. The van der Waals surface area contributed by atoms with Crippen LogP contribution in [0.15, 0.2) is 45.9 Å². The number of thioether (sulfide) groups is 2. The van der Waals surface area contributed by atoms with Crippen LogP contribution in [-0.2, 0) is 0 Å². The van der Waals surface area contributed by atoms with Gasteiger partial charge in [0.2, 0.25) is 0 Å². The third-order valence-electron chi connectivity index (χ3n) is 5.99. The molecule has 13 heteroatoms. The molecule has 9 nitrogen and oxygen atoms in total. The largest absolute Gasteiger partial charge is 0.506 e. The van der Waals surface area contributed by atoms with Gasteiger partial charge in [0.25, 0.3) is 0 Å². The Labute approximate surface area is 251 Å². The van der Waals surface area contributed by atoms with Crippen LogP contribution >= 0.6 is 55.4 Å². The Hall–Kier alpha value is -2.42. The third-order valence-corrected chi connectivity index (χ3v) is 9.30. The average molecular weight is 694 g/mol. The molecule has 2 saturated heterocycles. The molecule has 2 N–H and O–H groups in total. The van der Waals surface area contributed by atoms with E-state index in [2.05, 4.69) is 48.1 Å². The number of nitrogens with zero attached hydrogens (tertiary/aromatic N) is 6. The highest BCUT2D eigenvalue weighted by Crippen LogP contribution is 2.29. The molecule has 2 fully saturated rings. The van der Waals surface area contributed by atoms with Crippen molar-refractivity contribution < 1.29 is 14.9 Å². The van der Waals surface area contributed by atoms with Gasteiger partial charge in [-0.25, -0.2) is 9.03 Å². The number of aliphatic hydroxyl groups excluding tert-OH is 1. The zero-order chi connectivity index (χ0) is 27.8. The van der Waals surface area contributed by atoms with Gasteiger partial charge in [0, 0.05) is 8.95 Å². The second-order valence-electron chi connectivity index (χ2n) is 8.77. The molecule has 39 heavy (non-hydrogen) atoms. The monoisotopic (exact) mass is 692 g/mol. The van der Waals surface area contributed by atoms with Crippen LogP contribution in [0.4, 0.5) is 0 Å². The number of hydrogen-bond donors (Lipinski definition) is 2. The van der Waals surface area contributed by atoms with E-state index in [1.54, 1.807) is 10.7 Å². The highest BCUT2D eigenvalue weighted by molar-refractivity contribution is 9.11. The van der Waals surface area contributed by atoms with E-state index in [9.17, 15) is 5.11 Å². The molecule has 0 bridgehead atoms. The van der Waals surface area contributed by atoms with Crippen LogP contribution in [0.5, 0.6) is 11.5 Å². The van der Waals surface area contributed by atoms with E-state index in [4.69, 9.17) is 20.4 Å². The molecule has 2 aliphatic heterocycles. The quantitative estimate of drug-likeness (QED) is 0.268. The number of fused-ring (bicyclic) bond motifs is 2. The first kappa shape index (κ1) is 29.6. The molecular weight excluding hydrogens is 668 g/mol. The maximum absolute atomic E-state index is 9.22. The fourth-order valence-corrected chi connectivity index (χ4v) is 7.40. The number of aliphatic hydroxyl groups is 1. The fraction of sp³-hybridized carbons (Fsp3) is 0.385. The van der Waals surface area contributed by atoms with Crippen LogP contribution in [0, 0.1) is 22.7 Å².